The summed E-state index contributed by atoms with van der Waals surface area (Å²) in [5.41, 5.74) is 0.907. The van der Waals surface area contributed by atoms with Gasteiger partial charge in [0.1, 0.15) is 11.9 Å². The number of aliphatic hydroxyl groups excluding tert-OH is 1. The molecule has 1 aliphatic rings. The van der Waals surface area contributed by atoms with Gasteiger partial charge < -0.3 is 14.6 Å². The lowest BCUT2D eigenvalue weighted by Gasteiger charge is -2.12. The minimum Gasteiger partial charge on any atom is -0.488 e. The summed E-state index contributed by atoms with van der Waals surface area (Å²) in [5, 5.41) is 9.34. The van der Waals surface area contributed by atoms with E-state index in [4.69, 9.17) is 9.47 Å². The van der Waals surface area contributed by atoms with E-state index in [1.807, 2.05) is 24.3 Å². The third kappa shape index (κ3) is 2.70. The zero-order valence-corrected chi connectivity index (χ0v) is 8.85. The van der Waals surface area contributed by atoms with Crippen LogP contribution in [0.15, 0.2) is 24.3 Å². The first-order valence-corrected chi connectivity index (χ1v) is 5.28. The van der Waals surface area contributed by atoms with Crippen molar-refractivity contribution >= 4 is 0 Å². The summed E-state index contributed by atoms with van der Waals surface area (Å²) in [6.07, 6.45) is 0.717. The van der Waals surface area contributed by atoms with Crippen molar-refractivity contribution < 1.29 is 14.6 Å². The van der Waals surface area contributed by atoms with Gasteiger partial charge in [-0.2, -0.15) is 0 Å². The Hall–Kier alpha value is -1.06. The predicted molar refractivity (Wildman–Crippen MR) is 56.9 cm³/mol. The summed E-state index contributed by atoms with van der Waals surface area (Å²) < 4.78 is 10.9. The highest BCUT2D eigenvalue weighted by Crippen LogP contribution is 2.20. The largest absolute Gasteiger partial charge is 0.488 e. The van der Waals surface area contributed by atoms with Crippen LogP contribution in [-0.2, 0) is 4.74 Å². The van der Waals surface area contributed by atoms with Gasteiger partial charge in [-0.05, 0) is 24.6 Å². The highest BCUT2D eigenvalue weighted by molar-refractivity contribution is 5.28. The van der Waals surface area contributed by atoms with Crippen LogP contribution >= 0.6 is 0 Å². The van der Waals surface area contributed by atoms with E-state index in [1.54, 1.807) is 6.92 Å². The van der Waals surface area contributed by atoms with Gasteiger partial charge in [-0.1, -0.05) is 12.1 Å². The van der Waals surface area contributed by atoms with Gasteiger partial charge in [0.05, 0.1) is 19.3 Å². The average Bonchev–Trinajstić information content (AvgIpc) is 2.71. The molecular formula is C12H16O3. The summed E-state index contributed by atoms with van der Waals surface area (Å²) in [6.45, 7) is 3.22. The lowest BCUT2D eigenvalue weighted by atomic mass is 10.1. The Bertz CT molecular complexity index is 299. The first kappa shape index (κ1) is 10.5. The van der Waals surface area contributed by atoms with Crippen LogP contribution in [0.5, 0.6) is 5.75 Å². The number of benzene rings is 1. The minimum atomic E-state index is -0.422. The van der Waals surface area contributed by atoms with Crippen LogP contribution in [0.3, 0.4) is 0 Å². The fourth-order valence-corrected chi connectivity index (χ4v) is 1.62. The van der Waals surface area contributed by atoms with Crippen LogP contribution in [0, 0.1) is 0 Å². The highest BCUT2D eigenvalue weighted by atomic mass is 16.5. The van der Waals surface area contributed by atoms with Crippen molar-refractivity contribution in [2.75, 3.05) is 13.2 Å². The van der Waals surface area contributed by atoms with E-state index in [2.05, 4.69) is 0 Å². The molecular weight excluding hydrogens is 192 g/mol. The van der Waals surface area contributed by atoms with Crippen molar-refractivity contribution in [3.05, 3.63) is 29.8 Å². The fraction of sp³-hybridized carbons (Fsp3) is 0.500. The Morgan fingerprint density at radius 2 is 2.13 bits per heavy atom. The number of aliphatic hydroxyl groups is 1. The average molecular weight is 208 g/mol. The van der Waals surface area contributed by atoms with Crippen LogP contribution < -0.4 is 4.74 Å². The van der Waals surface area contributed by atoms with Crippen molar-refractivity contribution in [3.8, 4) is 5.75 Å². The standard InChI is InChI=1S/C12H16O3/c1-9(13)10-2-4-11(5-3-10)15-12-6-7-14-8-12/h2-5,9,12-13H,6-8H2,1H3/t9-,12?/m0/s1. The Morgan fingerprint density at radius 1 is 1.40 bits per heavy atom. The molecule has 1 saturated heterocycles. The van der Waals surface area contributed by atoms with E-state index in [9.17, 15) is 5.11 Å². The third-order valence-corrected chi connectivity index (χ3v) is 2.55. The predicted octanol–water partition coefficient (Wildman–Crippen LogP) is 1.91. The van der Waals surface area contributed by atoms with Gasteiger partial charge in [0.15, 0.2) is 0 Å². The molecule has 15 heavy (non-hydrogen) atoms. The van der Waals surface area contributed by atoms with Gasteiger partial charge in [-0.15, -0.1) is 0 Å². The van der Waals surface area contributed by atoms with Crippen molar-refractivity contribution in [1.82, 2.24) is 0 Å². The molecule has 1 unspecified atom stereocenters. The highest BCUT2D eigenvalue weighted by Gasteiger charge is 2.16. The molecule has 1 heterocycles. The van der Waals surface area contributed by atoms with Gasteiger partial charge in [-0.3, -0.25) is 0 Å². The molecule has 0 amide bonds. The molecule has 1 aliphatic heterocycles. The van der Waals surface area contributed by atoms with Crippen molar-refractivity contribution in [3.63, 3.8) is 0 Å². The summed E-state index contributed by atoms with van der Waals surface area (Å²) in [7, 11) is 0. The number of rotatable bonds is 3. The maximum absolute atomic E-state index is 9.34. The molecule has 2 atom stereocenters. The molecule has 82 valence electrons. The first-order valence-electron chi connectivity index (χ1n) is 5.28. The molecule has 3 heteroatoms. The molecule has 1 N–H and O–H groups in total. The zero-order chi connectivity index (χ0) is 10.7. The van der Waals surface area contributed by atoms with E-state index in [0.29, 0.717) is 6.61 Å². The number of hydrogen-bond acceptors (Lipinski definition) is 3. The number of hydrogen-bond donors (Lipinski definition) is 1. The fourth-order valence-electron chi connectivity index (χ4n) is 1.62. The minimum absolute atomic E-state index is 0.183. The van der Waals surface area contributed by atoms with E-state index in [1.165, 1.54) is 0 Å². The molecule has 2 rings (SSSR count). The monoisotopic (exact) mass is 208 g/mol. The topological polar surface area (TPSA) is 38.7 Å². The SMILES string of the molecule is C[C@H](O)c1ccc(OC2CCOC2)cc1. The maximum Gasteiger partial charge on any atom is 0.124 e. The smallest absolute Gasteiger partial charge is 0.124 e. The summed E-state index contributed by atoms with van der Waals surface area (Å²) in [4.78, 5) is 0. The van der Waals surface area contributed by atoms with Crippen LogP contribution in [0.25, 0.3) is 0 Å². The molecule has 1 fully saturated rings. The molecule has 0 saturated carbocycles. The lowest BCUT2D eigenvalue weighted by molar-refractivity contribution is 0.141. The summed E-state index contributed by atoms with van der Waals surface area (Å²) in [5.74, 6) is 0.843. The Balaban J connectivity index is 1.97. The Kier molecular flexibility index (Phi) is 3.23. The lowest BCUT2D eigenvalue weighted by Crippen LogP contribution is -2.15. The Labute approximate surface area is 89.6 Å². The normalized spacial score (nSPS) is 22.7. The van der Waals surface area contributed by atoms with E-state index in [0.717, 1.165) is 24.3 Å². The quantitative estimate of drug-likeness (QED) is 0.824. The second-order valence-corrected chi connectivity index (χ2v) is 3.85. The van der Waals surface area contributed by atoms with Crippen LogP contribution in [0.1, 0.15) is 25.0 Å². The number of ether oxygens (including phenoxy) is 2. The van der Waals surface area contributed by atoms with Gasteiger partial charge in [0.2, 0.25) is 0 Å². The van der Waals surface area contributed by atoms with E-state index in [-0.39, 0.29) is 6.10 Å². The molecule has 0 aliphatic carbocycles. The molecule has 0 aromatic heterocycles. The van der Waals surface area contributed by atoms with Crippen molar-refractivity contribution in [2.24, 2.45) is 0 Å². The van der Waals surface area contributed by atoms with Crippen LogP contribution in [0.4, 0.5) is 0 Å². The Morgan fingerprint density at radius 3 is 2.67 bits per heavy atom. The first-order chi connectivity index (χ1) is 7.25. The second-order valence-electron chi connectivity index (χ2n) is 3.85. The van der Waals surface area contributed by atoms with Crippen LogP contribution in [-0.4, -0.2) is 24.4 Å². The van der Waals surface area contributed by atoms with Gasteiger partial charge in [-0.25, -0.2) is 0 Å². The molecule has 0 spiro atoms. The molecule has 0 bridgehead atoms. The third-order valence-electron chi connectivity index (χ3n) is 2.55. The zero-order valence-electron chi connectivity index (χ0n) is 8.85. The molecule has 3 nitrogen and oxygen atoms in total. The molecule has 1 aromatic carbocycles. The van der Waals surface area contributed by atoms with Gasteiger partial charge in [0, 0.05) is 6.42 Å². The van der Waals surface area contributed by atoms with Gasteiger partial charge >= 0.3 is 0 Å². The van der Waals surface area contributed by atoms with E-state index < -0.39 is 6.10 Å². The summed E-state index contributed by atoms with van der Waals surface area (Å²) >= 11 is 0. The van der Waals surface area contributed by atoms with Crippen LogP contribution in [0.2, 0.25) is 0 Å². The maximum atomic E-state index is 9.34. The van der Waals surface area contributed by atoms with E-state index >= 15 is 0 Å². The molecule has 1 aromatic rings. The second kappa shape index (κ2) is 4.64. The summed E-state index contributed by atoms with van der Waals surface area (Å²) in [6, 6.07) is 7.55. The van der Waals surface area contributed by atoms with Crippen molar-refractivity contribution in [1.29, 1.82) is 0 Å². The van der Waals surface area contributed by atoms with Gasteiger partial charge in [0.25, 0.3) is 0 Å². The van der Waals surface area contributed by atoms with Crippen molar-refractivity contribution in [2.45, 2.75) is 25.6 Å². The molecule has 0 radical (unpaired) electrons.